The molecule has 1 fully saturated rings. The van der Waals surface area contributed by atoms with Gasteiger partial charge in [0.25, 0.3) is 0 Å². The van der Waals surface area contributed by atoms with E-state index < -0.39 is 0 Å². The Balaban J connectivity index is 1.75. The summed E-state index contributed by atoms with van der Waals surface area (Å²) in [7, 11) is 0. The number of rotatable bonds is 3. The van der Waals surface area contributed by atoms with Gasteiger partial charge in [-0.15, -0.1) is 0 Å². The molecule has 2 nitrogen and oxygen atoms in total. The zero-order valence-corrected chi connectivity index (χ0v) is 9.46. The fourth-order valence-electron chi connectivity index (χ4n) is 2.54. The quantitative estimate of drug-likeness (QED) is 0.785. The molecule has 3 rings (SSSR count). The topological polar surface area (TPSA) is 29.1 Å². The summed E-state index contributed by atoms with van der Waals surface area (Å²) >= 11 is 0. The molecule has 1 N–H and O–H groups in total. The molecule has 1 heterocycles. The third-order valence-corrected chi connectivity index (χ3v) is 3.84. The summed E-state index contributed by atoms with van der Waals surface area (Å²) in [6.45, 7) is 1.01. The van der Waals surface area contributed by atoms with Gasteiger partial charge in [-0.1, -0.05) is 31.4 Å². The molecule has 0 radical (unpaired) electrons. The number of hydrogen-bond acceptors (Lipinski definition) is 2. The van der Waals surface area contributed by atoms with Crippen LogP contribution in [0.4, 0.5) is 5.69 Å². The van der Waals surface area contributed by atoms with Gasteiger partial charge in [0, 0.05) is 24.2 Å². The van der Waals surface area contributed by atoms with E-state index in [0.717, 1.165) is 24.9 Å². The van der Waals surface area contributed by atoms with E-state index in [4.69, 9.17) is 0 Å². The smallest absolute Gasteiger partial charge is 0.163 e. The van der Waals surface area contributed by atoms with Crippen LogP contribution in [-0.4, -0.2) is 12.3 Å². The van der Waals surface area contributed by atoms with Crippen molar-refractivity contribution in [3.63, 3.8) is 0 Å². The first-order valence-electron chi connectivity index (χ1n) is 6.23. The number of benzene rings is 1. The van der Waals surface area contributed by atoms with E-state index >= 15 is 0 Å². The Morgan fingerprint density at radius 2 is 2.25 bits per heavy atom. The molecule has 84 valence electrons. The van der Waals surface area contributed by atoms with E-state index in [2.05, 4.69) is 11.4 Å². The molecular formula is C14H17NO. The van der Waals surface area contributed by atoms with E-state index in [0.29, 0.717) is 11.7 Å². The monoisotopic (exact) mass is 215 g/mol. The van der Waals surface area contributed by atoms with Crippen LogP contribution in [0.1, 0.15) is 41.6 Å². The van der Waals surface area contributed by atoms with Crippen LogP contribution in [-0.2, 0) is 6.42 Å². The maximum Gasteiger partial charge on any atom is 0.163 e. The molecule has 2 aliphatic rings. The van der Waals surface area contributed by atoms with Crippen molar-refractivity contribution in [2.24, 2.45) is 5.92 Å². The Kier molecular flexibility index (Phi) is 2.43. The van der Waals surface area contributed by atoms with Gasteiger partial charge in [-0.3, -0.25) is 4.79 Å². The highest BCUT2D eigenvalue weighted by atomic mass is 16.1. The molecule has 1 aromatic carbocycles. The van der Waals surface area contributed by atoms with Crippen molar-refractivity contribution in [3.05, 3.63) is 29.3 Å². The number of carbonyl (C=O) groups is 1. The van der Waals surface area contributed by atoms with Crippen LogP contribution in [0.2, 0.25) is 0 Å². The van der Waals surface area contributed by atoms with Gasteiger partial charge in [0.1, 0.15) is 0 Å². The maximum absolute atomic E-state index is 12.0. The normalized spacial score (nSPS) is 18.8. The standard InChI is InChI=1S/C14H17NO/c16-14(8-10-2-1-3-10)12-5-4-11-6-7-15-13(11)9-12/h4-5,9-10,15H,1-3,6-8H2. The van der Waals surface area contributed by atoms with Crippen LogP contribution in [0.3, 0.4) is 0 Å². The first-order valence-corrected chi connectivity index (χ1v) is 6.23. The molecule has 0 saturated heterocycles. The van der Waals surface area contributed by atoms with Crippen molar-refractivity contribution in [1.82, 2.24) is 0 Å². The maximum atomic E-state index is 12.0. The molecule has 0 atom stereocenters. The van der Waals surface area contributed by atoms with Crippen molar-refractivity contribution in [1.29, 1.82) is 0 Å². The predicted octanol–water partition coefficient (Wildman–Crippen LogP) is 3.03. The number of Topliss-reactive ketones (excluding diaryl/α,β-unsaturated/α-hetero) is 1. The van der Waals surface area contributed by atoms with Crippen LogP contribution < -0.4 is 5.32 Å². The number of carbonyl (C=O) groups excluding carboxylic acids is 1. The summed E-state index contributed by atoms with van der Waals surface area (Å²) in [5.74, 6) is 0.981. The Bertz CT molecular complexity index is 421. The highest BCUT2D eigenvalue weighted by Crippen LogP contribution is 2.31. The van der Waals surface area contributed by atoms with Crippen LogP contribution >= 0.6 is 0 Å². The minimum Gasteiger partial charge on any atom is -0.384 e. The van der Waals surface area contributed by atoms with E-state index in [-0.39, 0.29) is 0 Å². The molecule has 2 heteroatoms. The fourth-order valence-corrected chi connectivity index (χ4v) is 2.54. The third-order valence-electron chi connectivity index (χ3n) is 3.84. The van der Waals surface area contributed by atoms with Crippen LogP contribution in [0.5, 0.6) is 0 Å². The lowest BCUT2D eigenvalue weighted by molar-refractivity contribution is 0.0936. The Morgan fingerprint density at radius 1 is 1.38 bits per heavy atom. The van der Waals surface area contributed by atoms with Crippen molar-refractivity contribution in [2.75, 3.05) is 11.9 Å². The van der Waals surface area contributed by atoms with Crippen molar-refractivity contribution >= 4 is 11.5 Å². The van der Waals surface area contributed by atoms with Crippen LogP contribution in [0.15, 0.2) is 18.2 Å². The molecule has 0 spiro atoms. The SMILES string of the molecule is O=C(CC1CCC1)c1ccc2c(c1)NCC2. The van der Waals surface area contributed by atoms with Crippen LogP contribution in [0.25, 0.3) is 0 Å². The van der Waals surface area contributed by atoms with Gasteiger partial charge in [0.05, 0.1) is 0 Å². The predicted molar refractivity (Wildman–Crippen MR) is 64.9 cm³/mol. The summed E-state index contributed by atoms with van der Waals surface area (Å²) in [6.07, 6.45) is 5.64. The molecule has 1 saturated carbocycles. The fraction of sp³-hybridized carbons (Fsp3) is 0.500. The Labute approximate surface area is 96.1 Å². The highest BCUT2D eigenvalue weighted by Gasteiger charge is 2.22. The first kappa shape index (κ1) is 9.88. The largest absolute Gasteiger partial charge is 0.384 e. The average molecular weight is 215 g/mol. The van der Waals surface area contributed by atoms with E-state index in [1.165, 1.54) is 30.5 Å². The lowest BCUT2D eigenvalue weighted by atomic mass is 9.81. The second-order valence-electron chi connectivity index (χ2n) is 4.97. The third kappa shape index (κ3) is 1.73. The second kappa shape index (κ2) is 3.93. The van der Waals surface area contributed by atoms with E-state index in [9.17, 15) is 4.79 Å². The molecule has 0 aromatic heterocycles. The second-order valence-corrected chi connectivity index (χ2v) is 4.97. The zero-order chi connectivity index (χ0) is 11.0. The molecule has 1 aliphatic carbocycles. The number of fused-ring (bicyclic) bond motifs is 1. The lowest BCUT2D eigenvalue weighted by Gasteiger charge is -2.24. The van der Waals surface area contributed by atoms with Gasteiger partial charge in [-0.2, -0.15) is 0 Å². The number of nitrogens with one attached hydrogen (secondary N) is 1. The minimum absolute atomic E-state index is 0.321. The van der Waals surface area contributed by atoms with Crippen LogP contribution in [0, 0.1) is 5.92 Å². The zero-order valence-electron chi connectivity index (χ0n) is 9.46. The number of ketones is 1. The summed E-state index contributed by atoms with van der Waals surface area (Å²) in [6, 6.07) is 6.12. The van der Waals surface area contributed by atoms with Gasteiger partial charge < -0.3 is 5.32 Å². The summed E-state index contributed by atoms with van der Waals surface area (Å²) in [5.41, 5.74) is 3.40. The molecule has 0 unspecified atom stereocenters. The molecule has 1 aromatic rings. The molecule has 0 amide bonds. The molecular weight excluding hydrogens is 198 g/mol. The van der Waals surface area contributed by atoms with Crippen molar-refractivity contribution < 1.29 is 4.79 Å². The summed E-state index contributed by atoms with van der Waals surface area (Å²) < 4.78 is 0. The number of hydrogen-bond donors (Lipinski definition) is 1. The van der Waals surface area contributed by atoms with E-state index in [1.807, 2.05) is 12.1 Å². The van der Waals surface area contributed by atoms with Crippen molar-refractivity contribution in [3.8, 4) is 0 Å². The van der Waals surface area contributed by atoms with Crippen molar-refractivity contribution in [2.45, 2.75) is 32.1 Å². The molecule has 0 bridgehead atoms. The highest BCUT2D eigenvalue weighted by molar-refractivity contribution is 5.97. The Hall–Kier alpha value is -1.31. The molecule has 16 heavy (non-hydrogen) atoms. The lowest BCUT2D eigenvalue weighted by Crippen LogP contribution is -2.16. The van der Waals surface area contributed by atoms with Gasteiger partial charge in [-0.05, 0) is 24.0 Å². The first-order chi connectivity index (χ1) is 7.83. The number of anilines is 1. The van der Waals surface area contributed by atoms with Gasteiger partial charge >= 0.3 is 0 Å². The summed E-state index contributed by atoms with van der Waals surface area (Å²) in [4.78, 5) is 12.0. The minimum atomic E-state index is 0.321. The van der Waals surface area contributed by atoms with E-state index in [1.54, 1.807) is 0 Å². The van der Waals surface area contributed by atoms with Gasteiger partial charge in [0.15, 0.2) is 5.78 Å². The van der Waals surface area contributed by atoms with Gasteiger partial charge in [-0.25, -0.2) is 0 Å². The molecule has 1 aliphatic heterocycles. The average Bonchev–Trinajstić information content (AvgIpc) is 2.69. The summed E-state index contributed by atoms with van der Waals surface area (Å²) in [5, 5.41) is 3.32. The Morgan fingerprint density at radius 3 is 3.00 bits per heavy atom. The van der Waals surface area contributed by atoms with Gasteiger partial charge in [0.2, 0.25) is 0 Å².